The summed E-state index contributed by atoms with van der Waals surface area (Å²) in [5.41, 5.74) is 3.79. The van der Waals surface area contributed by atoms with E-state index >= 15 is 0 Å². The summed E-state index contributed by atoms with van der Waals surface area (Å²) in [4.78, 5) is 34.1. The molecule has 2 atom stereocenters. The number of aromatic nitrogens is 1. The van der Waals surface area contributed by atoms with Gasteiger partial charge >= 0.3 is 0 Å². The summed E-state index contributed by atoms with van der Waals surface area (Å²) in [5.74, 6) is 0.0203. The number of carbonyl (C=O) groups excluding carboxylic acids is 2. The number of carbonyl (C=O) groups is 2. The minimum Gasteiger partial charge on any atom is -0.356 e. The van der Waals surface area contributed by atoms with Gasteiger partial charge in [-0.1, -0.05) is 46.3 Å². The zero-order valence-corrected chi connectivity index (χ0v) is 18.9. The number of hydrogen-bond acceptors (Lipinski definition) is 2. The molecule has 2 aliphatic rings. The Kier molecular flexibility index (Phi) is 4.33. The molecule has 2 aromatic carbocycles. The molecule has 1 fully saturated rings. The predicted molar refractivity (Wildman–Crippen MR) is 120 cm³/mol. The molecule has 5 nitrogen and oxygen atoms in total. The molecule has 0 unspecified atom stereocenters. The number of nitrogens with zero attached hydrogens (tertiary/aromatic N) is 2. The van der Waals surface area contributed by atoms with E-state index in [9.17, 15) is 9.59 Å². The molecule has 1 saturated heterocycles. The van der Waals surface area contributed by atoms with Crippen molar-refractivity contribution in [3.05, 3.63) is 69.8 Å². The van der Waals surface area contributed by atoms with Gasteiger partial charge in [0.1, 0.15) is 12.6 Å². The van der Waals surface area contributed by atoms with Gasteiger partial charge in [0, 0.05) is 33.0 Å². The lowest BCUT2D eigenvalue weighted by Gasteiger charge is -2.50. The highest BCUT2D eigenvalue weighted by Gasteiger charge is 2.50. The van der Waals surface area contributed by atoms with Crippen molar-refractivity contribution in [2.24, 2.45) is 0 Å². The highest BCUT2D eigenvalue weighted by Crippen LogP contribution is 2.43. The minimum absolute atomic E-state index is 0.00764. The Balaban J connectivity index is 1.72. The Morgan fingerprint density at radius 3 is 2.43 bits per heavy atom. The highest BCUT2D eigenvalue weighted by atomic mass is 79.9. The van der Waals surface area contributed by atoms with Crippen LogP contribution >= 0.6 is 15.9 Å². The van der Waals surface area contributed by atoms with E-state index in [0.717, 1.165) is 32.2 Å². The lowest BCUT2D eigenvalue weighted by molar-refractivity contribution is -0.163. The third kappa shape index (κ3) is 2.88. The SMILES string of the molecule is CC(C)(C)N1CC(=O)N2[C@@H](c3ccc(Br)cc3)c3[nH]c4ccccc4c3C[C@@H]2C1=O. The topological polar surface area (TPSA) is 56.4 Å². The van der Waals surface area contributed by atoms with Gasteiger partial charge in [0.25, 0.3) is 0 Å². The smallest absolute Gasteiger partial charge is 0.246 e. The zero-order chi connectivity index (χ0) is 21.2. The van der Waals surface area contributed by atoms with Gasteiger partial charge in [-0.15, -0.1) is 0 Å². The third-order valence-electron chi connectivity index (χ3n) is 6.26. The van der Waals surface area contributed by atoms with Crippen molar-refractivity contribution in [3.8, 4) is 0 Å². The van der Waals surface area contributed by atoms with E-state index in [1.54, 1.807) is 4.90 Å². The predicted octanol–water partition coefficient (Wildman–Crippen LogP) is 4.41. The summed E-state index contributed by atoms with van der Waals surface area (Å²) in [6, 6.07) is 15.4. The molecule has 154 valence electrons. The van der Waals surface area contributed by atoms with Crippen molar-refractivity contribution in [1.29, 1.82) is 0 Å². The average molecular weight is 466 g/mol. The molecule has 3 aromatic rings. The van der Waals surface area contributed by atoms with Crippen LogP contribution in [0.4, 0.5) is 0 Å². The monoisotopic (exact) mass is 465 g/mol. The number of amides is 2. The fraction of sp³-hybridized carbons (Fsp3) is 0.333. The van der Waals surface area contributed by atoms with Gasteiger partial charge < -0.3 is 14.8 Å². The van der Waals surface area contributed by atoms with E-state index in [1.165, 1.54) is 0 Å². The molecule has 1 N–H and O–H groups in total. The largest absolute Gasteiger partial charge is 0.356 e. The summed E-state index contributed by atoms with van der Waals surface area (Å²) < 4.78 is 0.982. The lowest BCUT2D eigenvalue weighted by atomic mass is 9.85. The van der Waals surface area contributed by atoms with Crippen LogP contribution in [0.1, 0.15) is 43.6 Å². The van der Waals surface area contributed by atoms with Crippen molar-refractivity contribution in [3.63, 3.8) is 0 Å². The van der Waals surface area contributed by atoms with Crippen molar-refractivity contribution in [2.45, 2.75) is 44.8 Å². The molecule has 0 spiro atoms. The number of hydrogen-bond donors (Lipinski definition) is 1. The van der Waals surface area contributed by atoms with Gasteiger partial charge in [-0.25, -0.2) is 0 Å². The first-order valence-corrected chi connectivity index (χ1v) is 11.0. The first-order valence-electron chi connectivity index (χ1n) is 10.2. The number of halogens is 1. The lowest BCUT2D eigenvalue weighted by Crippen LogP contribution is -2.66. The average Bonchev–Trinajstić information content (AvgIpc) is 3.07. The number of rotatable bonds is 1. The second kappa shape index (κ2) is 6.71. The molecular formula is C24H24BrN3O2. The Hall–Kier alpha value is -2.60. The molecule has 1 aromatic heterocycles. The number of H-pyrrole nitrogens is 1. The number of para-hydroxylation sites is 1. The van der Waals surface area contributed by atoms with E-state index in [4.69, 9.17) is 0 Å². The quantitative estimate of drug-likeness (QED) is 0.578. The van der Waals surface area contributed by atoms with Gasteiger partial charge in [-0.05, 0) is 50.1 Å². The maximum absolute atomic E-state index is 13.6. The summed E-state index contributed by atoms with van der Waals surface area (Å²) in [7, 11) is 0. The first kappa shape index (κ1) is 19.4. The molecule has 30 heavy (non-hydrogen) atoms. The molecular weight excluding hydrogens is 442 g/mol. The van der Waals surface area contributed by atoms with Crippen LogP contribution in [0.5, 0.6) is 0 Å². The molecule has 0 saturated carbocycles. The second-order valence-corrected chi connectivity index (χ2v) is 10.0. The molecule has 6 heteroatoms. The first-order chi connectivity index (χ1) is 14.3. The maximum atomic E-state index is 13.6. The summed E-state index contributed by atoms with van der Waals surface area (Å²) in [5, 5.41) is 1.13. The Morgan fingerprint density at radius 2 is 1.73 bits per heavy atom. The normalized spacial score (nSPS) is 21.7. The van der Waals surface area contributed by atoms with Crippen molar-refractivity contribution >= 4 is 38.6 Å². The second-order valence-electron chi connectivity index (χ2n) is 9.13. The van der Waals surface area contributed by atoms with Gasteiger partial charge in [0.05, 0.1) is 6.04 Å². The molecule has 0 aliphatic carbocycles. The highest BCUT2D eigenvalue weighted by molar-refractivity contribution is 9.10. The van der Waals surface area contributed by atoms with Crippen LogP contribution in [0.2, 0.25) is 0 Å². The molecule has 2 aliphatic heterocycles. The third-order valence-corrected chi connectivity index (χ3v) is 6.79. The van der Waals surface area contributed by atoms with E-state index in [2.05, 4.69) is 33.0 Å². The van der Waals surface area contributed by atoms with Crippen LogP contribution in [0.15, 0.2) is 53.0 Å². The molecule has 5 rings (SSSR count). The van der Waals surface area contributed by atoms with Gasteiger partial charge in [0.15, 0.2) is 0 Å². The number of piperazine rings is 1. The molecule has 0 radical (unpaired) electrons. The van der Waals surface area contributed by atoms with Crippen LogP contribution in [0.3, 0.4) is 0 Å². The summed E-state index contributed by atoms with van der Waals surface area (Å²) in [6.45, 7) is 6.07. The van der Waals surface area contributed by atoms with Crippen LogP contribution in [0, 0.1) is 0 Å². The standard InChI is InChI=1S/C24H24BrN3O2/c1-24(2,3)27-13-20(29)28-19(23(27)30)12-17-16-6-4-5-7-18(16)26-21(17)22(28)14-8-10-15(25)11-9-14/h4-11,19,22,26H,12-13H2,1-3H3/t19-,22+/m1/s1. The Bertz CT molecular complexity index is 1160. The fourth-order valence-electron chi connectivity index (χ4n) is 4.82. The number of nitrogens with one attached hydrogen (secondary N) is 1. The van der Waals surface area contributed by atoms with Crippen molar-refractivity contribution in [1.82, 2.24) is 14.8 Å². The molecule has 3 heterocycles. The van der Waals surface area contributed by atoms with Gasteiger partial charge in [-0.3, -0.25) is 9.59 Å². The van der Waals surface area contributed by atoms with E-state index in [0.29, 0.717) is 6.42 Å². The number of fused-ring (bicyclic) bond motifs is 4. The number of benzene rings is 2. The fourth-order valence-corrected chi connectivity index (χ4v) is 5.09. The minimum atomic E-state index is -0.495. The van der Waals surface area contributed by atoms with E-state index in [-0.39, 0.29) is 24.4 Å². The van der Waals surface area contributed by atoms with Crippen molar-refractivity contribution < 1.29 is 9.59 Å². The summed E-state index contributed by atoms with van der Waals surface area (Å²) in [6.07, 6.45) is 0.531. The van der Waals surface area contributed by atoms with Crippen LogP contribution < -0.4 is 0 Å². The van der Waals surface area contributed by atoms with Crippen LogP contribution in [-0.4, -0.2) is 44.7 Å². The summed E-state index contributed by atoms with van der Waals surface area (Å²) >= 11 is 3.50. The van der Waals surface area contributed by atoms with Gasteiger partial charge in [0.2, 0.25) is 11.8 Å². The Labute approximate surface area is 184 Å². The number of aromatic amines is 1. The van der Waals surface area contributed by atoms with Crippen LogP contribution in [-0.2, 0) is 16.0 Å². The van der Waals surface area contributed by atoms with E-state index in [1.807, 2.05) is 62.1 Å². The Morgan fingerprint density at radius 1 is 1.03 bits per heavy atom. The zero-order valence-electron chi connectivity index (χ0n) is 17.3. The molecule has 2 amide bonds. The van der Waals surface area contributed by atoms with Gasteiger partial charge in [-0.2, -0.15) is 0 Å². The molecule has 0 bridgehead atoms. The van der Waals surface area contributed by atoms with Crippen LogP contribution in [0.25, 0.3) is 10.9 Å². The van der Waals surface area contributed by atoms with Crippen molar-refractivity contribution in [2.75, 3.05) is 6.54 Å². The maximum Gasteiger partial charge on any atom is 0.246 e. The van der Waals surface area contributed by atoms with E-state index < -0.39 is 11.6 Å².